The number of halogens is 6. The first-order valence-electron chi connectivity index (χ1n) is 7.09. The molecule has 25 heavy (non-hydrogen) atoms. The van der Waals surface area contributed by atoms with Crippen LogP contribution in [-0.2, 0) is 0 Å². The molecule has 2 aromatic carbocycles. The summed E-state index contributed by atoms with van der Waals surface area (Å²) >= 11 is 5.00. The van der Waals surface area contributed by atoms with Crippen molar-refractivity contribution in [3.8, 4) is 11.1 Å². The highest BCUT2D eigenvalue weighted by atomic mass is 35.5. The Kier molecular flexibility index (Phi) is 4.17. The molecule has 1 aliphatic rings. The Morgan fingerprint density at radius 1 is 1.04 bits per heavy atom. The second-order valence-electron chi connectivity index (χ2n) is 5.60. The van der Waals surface area contributed by atoms with Gasteiger partial charge in [0.1, 0.15) is 13.2 Å². The molecule has 8 heteroatoms. The van der Waals surface area contributed by atoms with E-state index in [2.05, 4.69) is 5.10 Å². The quantitative estimate of drug-likeness (QED) is 0.295. The summed E-state index contributed by atoms with van der Waals surface area (Å²) in [7, 11) is 1.50. The Morgan fingerprint density at radius 3 is 2.20 bits per heavy atom. The molecular weight excluding hydrogens is 363 g/mol. The van der Waals surface area contributed by atoms with E-state index in [1.165, 1.54) is 19.3 Å². The molecule has 0 radical (unpaired) electrons. The number of benzene rings is 2. The van der Waals surface area contributed by atoms with Crippen molar-refractivity contribution < 1.29 is 22.0 Å². The number of hydrogen-bond acceptors (Lipinski definition) is 1. The SMILES string of the molecule is C[N+]1(c2ccccc2-c2cc(F)c(F)c(F)c2)C=CC(C(F)(F)Cl)=N1. The molecule has 2 nitrogen and oxygen atoms in total. The standard InChI is InChI=1S/C17H11ClF5N2/c1-25(7-6-15(24-25)17(18,22)23)14-5-3-2-4-11(14)10-8-12(19)16(21)13(20)9-10/h2-9H,1H3/q+1. The zero-order valence-electron chi connectivity index (χ0n) is 12.8. The molecule has 1 aliphatic heterocycles. The fraction of sp³-hybridized carbons (Fsp3) is 0.118. The highest BCUT2D eigenvalue weighted by Gasteiger charge is 2.41. The molecule has 0 aromatic heterocycles. The van der Waals surface area contributed by atoms with Crippen LogP contribution in [0.15, 0.2) is 53.8 Å². The van der Waals surface area contributed by atoms with Crippen LogP contribution in [0, 0.1) is 17.5 Å². The van der Waals surface area contributed by atoms with Crippen molar-refractivity contribution in [2.75, 3.05) is 7.05 Å². The third kappa shape index (κ3) is 3.17. The maximum atomic E-state index is 13.6. The zero-order valence-corrected chi connectivity index (χ0v) is 13.5. The van der Waals surface area contributed by atoms with E-state index < -0.39 is 33.1 Å². The van der Waals surface area contributed by atoms with Crippen LogP contribution in [0.1, 0.15) is 0 Å². The van der Waals surface area contributed by atoms with Crippen molar-refractivity contribution in [1.82, 2.24) is 4.59 Å². The molecule has 130 valence electrons. The lowest BCUT2D eigenvalue weighted by Crippen LogP contribution is -2.32. The van der Waals surface area contributed by atoms with Crippen LogP contribution < -0.4 is 4.59 Å². The number of hydrogen-bond donors (Lipinski definition) is 0. The van der Waals surface area contributed by atoms with Crippen molar-refractivity contribution in [1.29, 1.82) is 0 Å². The van der Waals surface area contributed by atoms with Crippen molar-refractivity contribution in [3.05, 3.63) is 66.1 Å². The minimum absolute atomic E-state index is 0.0565. The van der Waals surface area contributed by atoms with Gasteiger partial charge in [0.15, 0.2) is 28.9 Å². The number of para-hydroxylation sites is 1. The lowest BCUT2D eigenvalue weighted by atomic mass is 10.0. The molecular formula is C17H11ClF5N2+. The smallest absolute Gasteiger partial charge is 0.204 e. The largest absolute Gasteiger partial charge is 0.370 e. The van der Waals surface area contributed by atoms with Gasteiger partial charge in [-0.15, -0.1) is 4.59 Å². The number of alkyl halides is 3. The molecule has 0 saturated heterocycles. The molecule has 1 heterocycles. The summed E-state index contributed by atoms with van der Waals surface area (Å²) in [6, 6.07) is 8.00. The van der Waals surface area contributed by atoms with Crippen molar-refractivity contribution in [3.63, 3.8) is 0 Å². The lowest BCUT2D eigenvalue weighted by Gasteiger charge is -2.23. The van der Waals surface area contributed by atoms with Gasteiger partial charge >= 0.3 is 5.38 Å². The van der Waals surface area contributed by atoms with E-state index in [0.717, 1.165) is 18.2 Å². The van der Waals surface area contributed by atoms with Gasteiger partial charge in [-0.25, -0.2) is 13.2 Å². The van der Waals surface area contributed by atoms with Gasteiger partial charge in [-0.05, 0) is 35.4 Å². The Balaban J connectivity index is 2.16. The molecule has 0 N–H and O–H groups in total. The van der Waals surface area contributed by atoms with Crippen molar-refractivity contribution >= 4 is 23.0 Å². The highest BCUT2D eigenvalue weighted by Crippen LogP contribution is 2.39. The van der Waals surface area contributed by atoms with Crippen molar-refractivity contribution in [2.24, 2.45) is 5.10 Å². The van der Waals surface area contributed by atoms with E-state index >= 15 is 0 Å². The number of rotatable bonds is 3. The number of quaternary nitrogens is 1. The van der Waals surface area contributed by atoms with Crippen LogP contribution in [0.25, 0.3) is 11.1 Å². The van der Waals surface area contributed by atoms with E-state index in [0.29, 0.717) is 11.3 Å². The van der Waals surface area contributed by atoms with Crippen LogP contribution in [0.4, 0.5) is 27.6 Å². The van der Waals surface area contributed by atoms with Gasteiger partial charge in [0.2, 0.25) is 0 Å². The van der Waals surface area contributed by atoms with Crippen molar-refractivity contribution in [2.45, 2.75) is 5.38 Å². The third-order valence-corrected chi connectivity index (χ3v) is 4.01. The van der Waals surface area contributed by atoms with E-state index in [4.69, 9.17) is 11.6 Å². The fourth-order valence-electron chi connectivity index (χ4n) is 2.62. The fourth-order valence-corrected chi connectivity index (χ4v) is 2.72. The summed E-state index contributed by atoms with van der Waals surface area (Å²) in [6.07, 6.45) is 2.44. The average Bonchev–Trinajstić information content (AvgIpc) is 2.96. The Labute approximate surface area is 145 Å². The predicted molar refractivity (Wildman–Crippen MR) is 86.8 cm³/mol. The third-order valence-electron chi connectivity index (χ3n) is 3.82. The Morgan fingerprint density at radius 2 is 1.64 bits per heavy atom. The van der Waals surface area contributed by atoms with Gasteiger partial charge in [-0.1, -0.05) is 17.2 Å². The van der Waals surface area contributed by atoms with Gasteiger partial charge in [-0.3, -0.25) is 0 Å². The first kappa shape index (κ1) is 17.6. The van der Waals surface area contributed by atoms with Gasteiger partial charge < -0.3 is 0 Å². The van der Waals surface area contributed by atoms with Crippen LogP contribution in [0.2, 0.25) is 0 Å². The van der Waals surface area contributed by atoms with Crippen LogP contribution >= 0.6 is 11.6 Å². The van der Waals surface area contributed by atoms with Gasteiger partial charge in [0, 0.05) is 17.7 Å². The Hall–Kier alpha value is -2.25. The maximum absolute atomic E-state index is 13.6. The normalized spacial score (nSPS) is 20.0. The molecule has 0 saturated carbocycles. The molecule has 0 fully saturated rings. The second kappa shape index (κ2) is 5.93. The number of nitrogens with zero attached hydrogens (tertiary/aromatic N) is 2. The van der Waals surface area contributed by atoms with Crippen LogP contribution in [0.5, 0.6) is 0 Å². The summed E-state index contributed by atoms with van der Waals surface area (Å²) in [4.78, 5) is 0. The zero-order chi connectivity index (χ0) is 18.4. The minimum atomic E-state index is -3.64. The first-order valence-corrected chi connectivity index (χ1v) is 7.47. The van der Waals surface area contributed by atoms with E-state index in [1.807, 2.05) is 0 Å². The minimum Gasteiger partial charge on any atom is -0.204 e. The number of allylic oxidation sites excluding steroid dienone is 1. The molecule has 2 aromatic rings. The highest BCUT2D eigenvalue weighted by molar-refractivity contribution is 6.35. The topological polar surface area (TPSA) is 12.4 Å². The molecule has 0 amide bonds. The summed E-state index contributed by atoms with van der Waals surface area (Å²) in [5, 5.41) is 0.266. The van der Waals surface area contributed by atoms with E-state index in [9.17, 15) is 22.0 Å². The monoisotopic (exact) mass is 373 g/mol. The van der Waals surface area contributed by atoms with E-state index in [1.54, 1.807) is 18.2 Å². The second-order valence-corrected chi connectivity index (χ2v) is 6.07. The molecule has 3 rings (SSSR count). The van der Waals surface area contributed by atoms with Crippen LogP contribution in [0.3, 0.4) is 0 Å². The summed E-state index contributed by atoms with van der Waals surface area (Å²) in [6.45, 7) is 0. The van der Waals surface area contributed by atoms with Gasteiger partial charge in [0.05, 0.1) is 0 Å². The van der Waals surface area contributed by atoms with Gasteiger partial charge in [-0.2, -0.15) is 8.78 Å². The summed E-state index contributed by atoms with van der Waals surface area (Å²) in [5.74, 6) is -4.27. The maximum Gasteiger partial charge on any atom is 0.370 e. The summed E-state index contributed by atoms with van der Waals surface area (Å²) < 4.78 is 66.5. The lowest BCUT2D eigenvalue weighted by molar-refractivity contribution is 0.175. The summed E-state index contributed by atoms with van der Waals surface area (Å²) in [5.41, 5.74) is 0.0967. The molecule has 0 bridgehead atoms. The predicted octanol–water partition coefficient (Wildman–Crippen LogP) is 5.42. The molecule has 1 atom stereocenters. The van der Waals surface area contributed by atoms with Crippen LogP contribution in [-0.4, -0.2) is 18.1 Å². The Bertz CT molecular complexity index is 881. The van der Waals surface area contributed by atoms with Gasteiger partial charge in [0.25, 0.3) is 0 Å². The molecule has 0 spiro atoms. The average molecular weight is 374 g/mol. The first-order chi connectivity index (χ1) is 11.6. The molecule has 1 unspecified atom stereocenters. The van der Waals surface area contributed by atoms with E-state index in [-0.39, 0.29) is 5.56 Å². The molecule has 0 aliphatic carbocycles.